The minimum absolute atomic E-state index is 0.0800. The number of hydrogen-bond acceptors (Lipinski definition) is 5. The van der Waals surface area contributed by atoms with Crippen LogP contribution in [0.5, 0.6) is 11.5 Å². The number of carbonyl (C=O) groups excluding carboxylic acids is 2. The number of esters is 1. The molecule has 0 aliphatic carbocycles. The molecule has 0 bridgehead atoms. The van der Waals surface area contributed by atoms with E-state index in [0.717, 1.165) is 10.0 Å². The Morgan fingerprint density at radius 1 is 1.21 bits per heavy atom. The molecule has 2 heterocycles. The fourth-order valence-corrected chi connectivity index (χ4v) is 2.83. The van der Waals surface area contributed by atoms with Gasteiger partial charge in [0, 0.05) is 28.8 Å². The molecule has 0 saturated heterocycles. The lowest BCUT2D eigenvalue weighted by atomic mass is 10.2. The number of aryl methyl sites for hydroxylation is 1. The Morgan fingerprint density at radius 3 is 2.50 bits per heavy atom. The molecule has 0 radical (unpaired) electrons. The molecular weight excluding hydrogens is 378 g/mol. The number of nitrogens with zero attached hydrogens (tertiary/aromatic N) is 1. The molecule has 1 aliphatic heterocycles. The Kier molecular flexibility index (Phi) is 4.62. The van der Waals surface area contributed by atoms with Gasteiger partial charge in [0.1, 0.15) is 25.5 Å². The summed E-state index contributed by atoms with van der Waals surface area (Å²) < 4.78 is 18.7. The average Bonchev–Trinajstić information content (AvgIpc) is 2.95. The number of hydrogen-bond donors (Lipinski definition) is 0. The molecule has 24 heavy (non-hydrogen) atoms. The van der Waals surface area contributed by atoms with Crippen molar-refractivity contribution in [1.29, 1.82) is 0 Å². The van der Waals surface area contributed by atoms with E-state index < -0.39 is 5.97 Å². The van der Waals surface area contributed by atoms with Crippen molar-refractivity contribution in [3.8, 4) is 11.5 Å². The van der Waals surface area contributed by atoms with Gasteiger partial charge < -0.3 is 18.8 Å². The Labute approximate surface area is 147 Å². The highest BCUT2D eigenvalue weighted by Crippen LogP contribution is 2.35. The molecule has 0 fully saturated rings. The first-order chi connectivity index (χ1) is 11.5. The van der Waals surface area contributed by atoms with Crippen molar-refractivity contribution < 1.29 is 23.8 Å². The van der Waals surface area contributed by atoms with Crippen molar-refractivity contribution in [1.82, 2.24) is 4.57 Å². The maximum Gasteiger partial charge on any atom is 0.355 e. The molecule has 1 aromatic carbocycles. The molecule has 0 atom stereocenters. The Morgan fingerprint density at radius 2 is 1.88 bits per heavy atom. The maximum atomic E-state index is 12.2. The molecule has 7 heteroatoms. The number of ketones is 1. The Bertz CT molecular complexity index is 812. The van der Waals surface area contributed by atoms with Gasteiger partial charge in [0.25, 0.3) is 0 Å². The van der Waals surface area contributed by atoms with Gasteiger partial charge in [-0.3, -0.25) is 4.79 Å². The molecule has 2 aromatic rings. The predicted octanol–water partition coefficient (Wildman–Crippen LogP) is 3.12. The Balaban J connectivity index is 1.74. The molecule has 0 N–H and O–H groups in total. The third-order valence-electron chi connectivity index (χ3n) is 3.69. The molecule has 0 saturated carbocycles. The summed E-state index contributed by atoms with van der Waals surface area (Å²) in [6.07, 6.45) is 1.61. The van der Waals surface area contributed by atoms with Gasteiger partial charge >= 0.3 is 5.97 Å². The van der Waals surface area contributed by atoms with E-state index in [-0.39, 0.29) is 12.4 Å². The first kappa shape index (κ1) is 16.6. The zero-order valence-corrected chi connectivity index (χ0v) is 14.9. The third-order valence-corrected chi connectivity index (χ3v) is 4.43. The van der Waals surface area contributed by atoms with E-state index in [2.05, 4.69) is 15.9 Å². The number of aromatic nitrogens is 1. The van der Waals surface area contributed by atoms with E-state index in [1.807, 2.05) is 0 Å². The van der Waals surface area contributed by atoms with Gasteiger partial charge in [-0.05, 0) is 25.1 Å². The van der Waals surface area contributed by atoms with Crippen molar-refractivity contribution in [3.05, 3.63) is 45.7 Å². The second-order valence-corrected chi connectivity index (χ2v) is 6.30. The highest BCUT2D eigenvalue weighted by Gasteiger charge is 2.18. The van der Waals surface area contributed by atoms with Crippen LogP contribution in [0.25, 0.3) is 0 Å². The lowest BCUT2D eigenvalue weighted by Gasteiger charge is -2.19. The zero-order valence-electron chi connectivity index (χ0n) is 13.3. The van der Waals surface area contributed by atoms with Crippen LogP contribution in [-0.4, -0.2) is 29.5 Å². The summed E-state index contributed by atoms with van der Waals surface area (Å²) in [4.78, 5) is 23.6. The molecule has 0 amide bonds. The molecule has 3 rings (SSSR count). The van der Waals surface area contributed by atoms with Crippen LogP contribution in [0.4, 0.5) is 0 Å². The van der Waals surface area contributed by atoms with Gasteiger partial charge in [-0.1, -0.05) is 15.9 Å². The van der Waals surface area contributed by atoms with Crippen LogP contribution in [0.2, 0.25) is 0 Å². The standard InChI is InChI=1S/C17H16BrNO5/c1-10(20)11-5-14(19(2)8-11)17(21)24-9-12-6-15-16(7-13(12)18)23-4-3-22-15/h5-8H,3-4,9H2,1-2H3. The Hall–Kier alpha value is -2.28. The van der Waals surface area contributed by atoms with Gasteiger partial charge in [0.15, 0.2) is 17.3 Å². The molecule has 0 unspecified atom stereocenters. The van der Waals surface area contributed by atoms with Crippen LogP contribution in [0.1, 0.15) is 33.3 Å². The fourth-order valence-electron chi connectivity index (χ4n) is 2.39. The number of ether oxygens (including phenoxy) is 3. The smallest absolute Gasteiger partial charge is 0.355 e. The van der Waals surface area contributed by atoms with Crippen LogP contribution in [-0.2, 0) is 18.4 Å². The van der Waals surface area contributed by atoms with E-state index in [9.17, 15) is 9.59 Å². The fraction of sp³-hybridized carbons (Fsp3) is 0.294. The van der Waals surface area contributed by atoms with Crippen LogP contribution in [0, 0.1) is 0 Å². The van der Waals surface area contributed by atoms with Gasteiger partial charge in [-0.2, -0.15) is 0 Å². The number of benzene rings is 1. The van der Waals surface area contributed by atoms with Crippen molar-refractivity contribution in [2.75, 3.05) is 13.2 Å². The van der Waals surface area contributed by atoms with E-state index in [1.54, 1.807) is 29.9 Å². The highest BCUT2D eigenvalue weighted by atomic mass is 79.9. The molecule has 126 valence electrons. The van der Waals surface area contributed by atoms with Crippen LogP contribution in [0.3, 0.4) is 0 Å². The summed E-state index contributed by atoms with van der Waals surface area (Å²) >= 11 is 3.44. The summed E-state index contributed by atoms with van der Waals surface area (Å²) in [5.74, 6) is 0.705. The molecule has 6 nitrogen and oxygen atoms in total. The minimum Gasteiger partial charge on any atom is -0.486 e. The molecule has 1 aromatic heterocycles. The van der Waals surface area contributed by atoms with Gasteiger partial charge in [0.05, 0.1) is 0 Å². The monoisotopic (exact) mass is 393 g/mol. The summed E-state index contributed by atoms with van der Waals surface area (Å²) in [6, 6.07) is 5.12. The zero-order chi connectivity index (χ0) is 17.3. The summed E-state index contributed by atoms with van der Waals surface area (Å²) in [5.41, 5.74) is 1.58. The van der Waals surface area contributed by atoms with Gasteiger partial charge in [-0.25, -0.2) is 4.79 Å². The molecular formula is C17H16BrNO5. The molecule has 0 spiro atoms. The van der Waals surface area contributed by atoms with Crippen molar-refractivity contribution in [3.63, 3.8) is 0 Å². The van der Waals surface area contributed by atoms with E-state index in [1.165, 1.54) is 13.0 Å². The number of rotatable bonds is 4. The van der Waals surface area contributed by atoms with E-state index in [4.69, 9.17) is 14.2 Å². The van der Waals surface area contributed by atoms with Crippen molar-refractivity contribution in [2.45, 2.75) is 13.5 Å². The van der Waals surface area contributed by atoms with Crippen LogP contribution < -0.4 is 9.47 Å². The lowest BCUT2D eigenvalue weighted by molar-refractivity contribution is 0.0460. The number of carbonyl (C=O) groups is 2. The topological polar surface area (TPSA) is 66.8 Å². The third kappa shape index (κ3) is 3.31. The number of fused-ring (bicyclic) bond motifs is 1. The normalized spacial score (nSPS) is 12.8. The SMILES string of the molecule is CC(=O)c1cc(C(=O)OCc2cc3c(cc2Br)OCCO3)n(C)c1. The maximum absolute atomic E-state index is 12.2. The predicted molar refractivity (Wildman–Crippen MR) is 89.7 cm³/mol. The highest BCUT2D eigenvalue weighted by molar-refractivity contribution is 9.10. The quantitative estimate of drug-likeness (QED) is 0.589. The largest absolute Gasteiger partial charge is 0.486 e. The van der Waals surface area contributed by atoms with Crippen molar-refractivity contribution >= 4 is 27.7 Å². The van der Waals surface area contributed by atoms with Crippen LogP contribution in [0.15, 0.2) is 28.9 Å². The summed E-state index contributed by atoms with van der Waals surface area (Å²) in [7, 11) is 1.70. The van der Waals surface area contributed by atoms with E-state index in [0.29, 0.717) is 36.0 Å². The second kappa shape index (κ2) is 6.68. The van der Waals surface area contributed by atoms with Crippen LogP contribution >= 0.6 is 15.9 Å². The first-order valence-corrected chi connectivity index (χ1v) is 8.17. The second-order valence-electron chi connectivity index (χ2n) is 5.44. The molecule has 1 aliphatic rings. The van der Waals surface area contributed by atoms with E-state index >= 15 is 0 Å². The average molecular weight is 394 g/mol. The van der Waals surface area contributed by atoms with Gasteiger partial charge in [0.2, 0.25) is 0 Å². The number of Topliss-reactive ketones (excluding diaryl/α,β-unsaturated/α-hetero) is 1. The number of halogens is 1. The summed E-state index contributed by atoms with van der Waals surface area (Å²) in [6.45, 7) is 2.54. The minimum atomic E-state index is -0.494. The lowest BCUT2D eigenvalue weighted by Crippen LogP contribution is -2.16. The van der Waals surface area contributed by atoms with Crippen molar-refractivity contribution in [2.24, 2.45) is 7.05 Å². The summed E-state index contributed by atoms with van der Waals surface area (Å²) in [5, 5.41) is 0. The first-order valence-electron chi connectivity index (χ1n) is 7.38. The van der Waals surface area contributed by atoms with Gasteiger partial charge in [-0.15, -0.1) is 0 Å².